The Bertz CT molecular complexity index is 893. The summed E-state index contributed by atoms with van der Waals surface area (Å²) in [6, 6.07) is 9.34. The molecule has 0 saturated carbocycles. The number of carbonyl (C=O) groups is 2. The van der Waals surface area contributed by atoms with Crippen LogP contribution in [0.5, 0.6) is 0 Å². The fourth-order valence-electron chi connectivity index (χ4n) is 3.21. The van der Waals surface area contributed by atoms with E-state index in [1.54, 1.807) is 12.1 Å². The first-order valence-corrected chi connectivity index (χ1v) is 9.94. The van der Waals surface area contributed by atoms with Crippen molar-refractivity contribution >= 4 is 28.2 Å². The first-order chi connectivity index (χ1) is 13.0. The lowest BCUT2D eigenvalue weighted by Crippen LogP contribution is -2.21. The Hall–Kier alpha value is -2.65. The number of esters is 1. The van der Waals surface area contributed by atoms with Crippen molar-refractivity contribution in [1.29, 1.82) is 5.26 Å². The zero-order valence-corrected chi connectivity index (χ0v) is 16.3. The number of nitriles is 1. The first kappa shape index (κ1) is 19.1. The van der Waals surface area contributed by atoms with E-state index in [9.17, 15) is 14.9 Å². The van der Waals surface area contributed by atoms with Crippen LogP contribution in [0.25, 0.3) is 0 Å². The van der Waals surface area contributed by atoms with Gasteiger partial charge in [0.2, 0.25) is 0 Å². The number of rotatable bonds is 5. The molecule has 2 aromatic rings. The smallest absolute Gasteiger partial charge is 0.338 e. The third kappa shape index (κ3) is 4.37. The lowest BCUT2D eigenvalue weighted by atomic mass is 9.89. The molecule has 27 heavy (non-hydrogen) atoms. The molecular weight excluding hydrogens is 360 g/mol. The number of fused-ring (bicyclic) bond motifs is 1. The number of nitrogens with one attached hydrogen (secondary N) is 1. The van der Waals surface area contributed by atoms with Gasteiger partial charge >= 0.3 is 5.97 Å². The summed E-state index contributed by atoms with van der Waals surface area (Å²) >= 11 is 1.46. The zero-order valence-electron chi connectivity index (χ0n) is 15.5. The Kier molecular flexibility index (Phi) is 5.92. The maximum atomic E-state index is 12.2. The van der Waals surface area contributed by atoms with E-state index in [1.807, 2.05) is 19.1 Å². The van der Waals surface area contributed by atoms with Crippen molar-refractivity contribution in [2.24, 2.45) is 5.92 Å². The van der Waals surface area contributed by atoms with Crippen LogP contribution < -0.4 is 5.32 Å². The highest BCUT2D eigenvalue weighted by molar-refractivity contribution is 7.16. The Morgan fingerprint density at radius 1 is 1.33 bits per heavy atom. The lowest BCUT2D eigenvalue weighted by molar-refractivity contribution is -0.119. The summed E-state index contributed by atoms with van der Waals surface area (Å²) in [4.78, 5) is 25.4. The van der Waals surface area contributed by atoms with Crippen molar-refractivity contribution in [2.75, 3.05) is 11.9 Å². The number of carbonyl (C=O) groups excluding carboxylic acids is 2. The number of anilines is 1. The molecule has 0 bridgehead atoms. The number of aryl methyl sites for hydroxylation is 1. The minimum absolute atomic E-state index is 0.377. The van der Waals surface area contributed by atoms with Gasteiger partial charge in [0.25, 0.3) is 5.91 Å². The van der Waals surface area contributed by atoms with Crippen LogP contribution in [0.1, 0.15) is 52.2 Å². The summed E-state index contributed by atoms with van der Waals surface area (Å²) in [6.45, 7) is 3.86. The molecule has 0 aliphatic heterocycles. The van der Waals surface area contributed by atoms with E-state index in [0.717, 1.165) is 36.8 Å². The third-order valence-electron chi connectivity index (χ3n) is 4.81. The van der Waals surface area contributed by atoms with E-state index in [1.165, 1.54) is 16.2 Å². The molecule has 0 radical (unpaired) electrons. The van der Waals surface area contributed by atoms with Gasteiger partial charge in [0.1, 0.15) is 11.1 Å². The van der Waals surface area contributed by atoms with Crippen molar-refractivity contribution in [3.63, 3.8) is 0 Å². The van der Waals surface area contributed by atoms with E-state index >= 15 is 0 Å². The number of amides is 1. The van der Waals surface area contributed by atoms with E-state index in [-0.39, 0.29) is 6.61 Å². The van der Waals surface area contributed by atoms with E-state index in [4.69, 9.17) is 4.74 Å². The molecule has 0 unspecified atom stereocenters. The van der Waals surface area contributed by atoms with Gasteiger partial charge < -0.3 is 10.1 Å². The molecule has 1 heterocycles. The maximum Gasteiger partial charge on any atom is 0.338 e. The highest BCUT2D eigenvalue weighted by Crippen LogP contribution is 2.39. The molecule has 1 atom stereocenters. The van der Waals surface area contributed by atoms with Gasteiger partial charge in [-0.05, 0) is 54.9 Å². The van der Waals surface area contributed by atoms with Crippen LogP contribution in [0.15, 0.2) is 24.3 Å². The van der Waals surface area contributed by atoms with Gasteiger partial charge in [-0.25, -0.2) is 4.79 Å². The van der Waals surface area contributed by atoms with Crippen LogP contribution in [0.3, 0.4) is 0 Å². The highest BCUT2D eigenvalue weighted by Gasteiger charge is 2.24. The summed E-state index contributed by atoms with van der Waals surface area (Å²) in [5.74, 6) is -0.379. The number of nitrogens with zero attached hydrogens (tertiary/aromatic N) is 1. The first-order valence-electron chi connectivity index (χ1n) is 9.12. The van der Waals surface area contributed by atoms with Gasteiger partial charge in [-0.3, -0.25) is 4.79 Å². The van der Waals surface area contributed by atoms with Crippen LogP contribution in [0.2, 0.25) is 0 Å². The van der Waals surface area contributed by atoms with Gasteiger partial charge in [0.15, 0.2) is 6.61 Å². The second-order valence-electron chi connectivity index (χ2n) is 6.84. The standard InChI is InChI=1S/C21H22N2O3S/c1-3-14-5-7-15(8-6-14)21(25)26-12-19(24)23-20-17(11-22)16-9-4-13(2)10-18(16)27-20/h5-8,13H,3-4,9-10,12H2,1-2H3,(H,23,24)/t13-/m0/s1. The molecular formula is C21H22N2O3S. The van der Waals surface area contributed by atoms with Gasteiger partial charge in [0, 0.05) is 4.88 Å². The fourth-order valence-corrected chi connectivity index (χ4v) is 4.59. The Morgan fingerprint density at radius 3 is 2.74 bits per heavy atom. The lowest BCUT2D eigenvalue weighted by Gasteiger charge is -2.17. The molecule has 1 N–H and O–H groups in total. The van der Waals surface area contributed by atoms with Crippen LogP contribution >= 0.6 is 11.3 Å². The normalized spacial score (nSPS) is 15.5. The Balaban J connectivity index is 1.61. The summed E-state index contributed by atoms with van der Waals surface area (Å²) < 4.78 is 5.10. The SMILES string of the molecule is CCc1ccc(C(=O)OCC(=O)Nc2sc3c(c2C#N)CC[C@H](C)C3)cc1. The number of hydrogen-bond acceptors (Lipinski definition) is 5. The second kappa shape index (κ2) is 8.36. The summed E-state index contributed by atoms with van der Waals surface area (Å²) in [5, 5.41) is 12.8. The predicted molar refractivity (Wildman–Crippen MR) is 105 cm³/mol. The maximum absolute atomic E-state index is 12.2. The molecule has 1 aliphatic rings. The average molecular weight is 382 g/mol. The summed E-state index contributed by atoms with van der Waals surface area (Å²) in [7, 11) is 0. The van der Waals surface area contributed by atoms with Crippen molar-refractivity contribution in [3.05, 3.63) is 51.4 Å². The molecule has 6 heteroatoms. The quantitative estimate of drug-likeness (QED) is 0.790. The number of thiophene rings is 1. The molecule has 1 amide bonds. The second-order valence-corrected chi connectivity index (χ2v) is 7.95. The topological polar surface area (TPSA) is 79.2 Å². The van der Waals surface area contributed by atoms with Crippen molar-refractivity contribution in [2.45, 2.75) is 39.5 Å². The van der Waals surface area contributed by atoms with Crippen molar-refractivity contribution < 1.29 is 14.3 Å². The molecule has 1 aromatic heterocycles. The molecule has 1 aromatic carbocycles. The minimum atomic E-state index is -0.535. The summed E-state index contributed by atoms with van der Waals surface area (Å²) in [5.41, 5.74) is 3.16. The Morgan fingerprint density at radius 2 is 2.07 bits per heavy atom. The Labute approximate surface area is 163 Å². The molecule has 0 saturated heterocycles. The van der Waals surface area contributed by atoms with E-state index < -0.39 is 11.9 Å². The van der Waals surface area contributed by atoms with Crippen molar-refractivity contribution in [3.8, 4) is 6.07 Å². The molecule has 0 spiro atoms. The predicted octanol–water partition coefficient (Wildman–Crippen LogP) is 4.10. The molecule has 3 rings (SSSR count). The van der Waals surface area contributed by atoms with Crippen LogP contribution in [-0.4, -0.2) is 18.5 Å². The van der Waals surface area contributed by atoms with Crippen molar-refractivity contribution in [1.82, 2.24) is 0 Å². The minimum Gasteiger partial charge on any atom is -0.452 e. The molecule has 140 valence electrons. The van der Waals surface area contributed by atoms with Gasteiger partial charge in [-0.15, -0.1) is 11.3 Å². The van der Waals surface area contributed by atoms with E-state index in [2.05, 4.69) is 18.3 Å². The largest absolute Gasteiger partial charge is 0.452 e. The number of benzene rings is 1. The third-order valence-corrected chi connectivity index (χ3v) is 5.98. The van der Waals surface area contributed by atoms with Crippen LogP contribution in [0.4, 0.5) is 5.00 Å². The molecule has 5 nitrogen and oxygen atoms in total. The highest BCUT2D eigenvalue weighted by atomic mass is 32.1. The number of ether oxygens (including phenoxy) is 1. The summed E-state index contributed by atoms with van der Waals surface area (Å²) in [6.07, 6.45) is 3.75. The van der Waals surface area contributed by atoms with Crippen LogP contribution in [0, 0.1) is 17.2 Å². The van der Waals surface area contributed by atoms with Gasteiger partial charge in [0.05, 0.1) is 11.1 Å². The molecule has 1 aliphatic carbocycles. The van der Waals surface area contributed by atoms with Gasteiger partial charge in [-0.1, -0.05) is 26.0 Å². The monoisotopic (exact) mass is 382 g/mol. The van der Waals surface area contributed by atoms with Gasteiger partial charge in [-0.2, -0.15) is 5.26 Å². The average Bonchev–Trinajstić information content (AvgIpc) is 3.01. The molecule has 0 fully saturated rings. The number of hydrogen-bond donors (Lipinski definition) is 1. The fraction of sp³-hybridized carbons (Fsp3) is 0.381. The zero-order chi connectivity index (χ0) is 19.4. The van der Waals surface area contributed by atoms with E-state index in [0.29, 0.717) is 22.0 Å². The van der Waals surface area contributed by atoms with Crippen LogP contribution in [-0.2, 0) is 28.8 Å².